The quantitative estimate of drug-likeness (QED) is 0.489. The fraction of sp³-hybridized carbons (Fsp3) is 0.0769. The van der Waals surface area contributed by atoms with Crippen LogP contribution in [0.4, 0.5) is 5.82 Å². The zero-order valence-electron chi connectivity index (χ0n) is 11.4. The van der Waals surface area contributed by atoms with E-state index < -0.39 is 16.0 Å². The number of hydrogen-bond acceptors (Lipinski definition) is 6. The van der Waals surface area contributed by atoms with Gasteiger partial charge in [-0.15, -0.1) is 4.83 Å². The molecule has 1 aromatic heterocycles. The normalized spacial score (nSPS) is 11.0. The molecule has 0 amide bonds. The van der Waals surface area contributed by atoms with Crippen molar-refractivity contribution in [2.24, 2.45) is 0 Å². The first-order valence-corrected chi connectivity index (χ1v) is 7.88. The Morgan fingerprint density at radius 2 is 1.91 bits per heavy atom. The highest BCUT2D eigenvalue weighted by Crippen LogP contribution is 2.16. The van der Waals surface area contributed by atoms with Gasteiger partial charge in [0.2, 0.25) is 0 Å². The Morgan fingerprint density at radius 1 is 1.18 bits per heavy atom. The van der Waals surface area contributed by atoms with E-state index in [1.165, 1.54) is 37.4 Å². The van der Waals surface area contributed by atoms with Crippen molar-refractivity contribution in [1.29, 1.82) is 0 Å². The van der Waals surface area contributed by atoms with E-state index in [1.807, 2.05) is 0 Å². The Kier molecular flexibility index (Phi) is 4.96. The highest BCUT2D eigenvalue weighted by Gasteiger charge is 2.22. The summed E-state index contributed by atoms with van der Waals surface area (Å²) in [7, 11) is -2.83. The van der Waals surface area contributed by atoms with E-state index >= 15 is 0 Å². The Morgan fingerprint density at radius 3 is 2.59 bits per heavy atom. The van der Waals surface area contributed by atoms with Gasteiger partial charge >= 0.3 is 5.97 Å². The monoisotopic (exact) mass is 341 g/mol. The molecule has 1 heterocycles. The standard InChI is InChI=1S/C13H12ClN3O4S/c1-21-13(18)9-5-2-3-6-10(9)22(19,20)17-16-12-8-4-7-11(14)15-12/h2-8,17H,1H3,(H,15,16). The largest absolute Gasteiger partial charge is 0.465 e. The van der Waals surface area contributed by atoms with Crippen LogP contribution in [0.2, 0.25) is 5.15 Å². The van der Waals surface area contributed by atoms with Crippen LogP contribution in [-0.4, -0.2) is 26.5 Å². The van der Waals surface area contributed by atoms with Gasteiger partial charge in [-0.3, -0.25) is 5.43 Å². The third kappa shape index (κ3) is 3.73. The molecule has 0 saturated carbocycles. The summed E-state index contributed by atoms with van der Waals surface area (Å²) < 4.78 is 29.1. The van der Waals surface area contributed by atoms with Crippen molar-refractivity contribution in [2.75, 3.05) is 12.5 Å². The maximum absolute atomic E-state index is 12.3. The molecule has 0 aliphatic heterocycles. The van der Waals surface area contributed by atoms with E-state index in [0.717, 1.165) is 0 Å². The third-order valence-corrected chi connectivity index (χ3v) is 4.13. The van der Waals surface area contributed by atoms with E-state index in [2.05, 4.69) is 20.0 Å². The first-order chi connectivity index (χ1) is 10.4. The summed E-state index contributed by atoms with van der Waals surface area (Å²) in [6, 6.07) is 10.4. The van der Waals surface area contributed by atoms with E-state index in [1.54, 1.807) is 12.1 Å². The number of aromatic nitrogens is 1. The molecule has 22 heavy (non-hydrogen) atoms. The molecule has 9 heteroatoms. The van der Waals surface area contributed by atoms with Crippen LogP contribution in [-0.2, 0) is 14.8 Å². The van der Waals surface area contributed by atoms with Crippen LogP contribution in [0, 0.1) is 0 Å². The van der Waals surface area contributed by atoms with E-state index in [0.29, 0.717) is 0 Å². The number of hydrogen-bond donors (Lipinski definition) is 2. The van der Waals surface area contributed by atoms with Gasteiger partial charge in [0.05, 0.1) is 17.6 Å². The molecule has 0 spiro atoms. The Labute approximate surface area is 132 Å². The van der Waals surface area contributed by atoms with Crippen molar-refractivity contribution < 1.29 is 17.9 Å². The number of esters is 1. The molecule has 2 aromatic rings. The van der Waals surface area contributed by atoms with Crippen LogP contribution in [0.15, 0.2) is 47.4 Å². The summed E-state index contributed by atoms with van der Waals surface area (Å²) in [6.07, 6.45) is 0. The predicted molar refractivity (Wildman–Crippen MR) is 81.0 cm³/mol. The number of pyridine rings is 1. The molecule has 0 bridgehead atoms. The topological polar surface area (TPSA) is 97.4 Å². The number of rotatable bonds is 5. The number of benzene rings is 1. The number of hydrazine groups is 1. The second-order valence-corrected chi connectivity index (χ2v) is 6.10. The minimum Gasteiger partial charge on any atom is -0.465 e. The van der Waals surface area contributed by atoms with E-state index in [9.17, 15) is 13.2 Å². The molecular weight excluding hydrogens is 330 g/mol. The number of carbonyl (C=O) groups excluding carboxylic acids is 1. The fourth-order valence-corrected chi connectivity index (χ4v) is 2.84. The molecule has 2 N–H and O–H groups in total. The average Bonchev–Trinajstić information content (AvgIpc) is 2.52. The predicted octanol–water partition coefficient (Wildman–Crippen LogP) is 1.83. The zero-order valence-corrected chi connectivity index (χ0v) is 13.0. The van der Waals surface area contributed by atoms with Crippen LogP contribution in [0.5, 0.6) is 0 Å². The van der Waals surface area contributed by atoms with Gasteiger partial charge in [0.1, 0.15) is 11.0 Å². The summed E-state index contributed by atoms with van der Waals surface area (Å²) in [5, 5.41) is 0.208. The molecule has 0 atom stereocenters. The van der Waals surface area contributed by atoms with Crippen LogP contribution >= 0.6 is 11.6 Å². The summed E-state index contributed by atoms with van der Waals surface area (Å²) in [6.45, 7) is 0. The number of anilines is 1. The van der Waals surface area contributed by atoms with Gasteiger partial charge in [-0.2, -0.15) is 0 Å². The van der Waals surface area contributed by atoms with Crippen LogP contribution in [0.25, 0.3) is 0 Å². The van der Waals surface area contributed by atoms with Gasteiger partial charge in [-0.25, -0.2) is 18.2 Å². The number of nitrogens with zero attached hydrogens (tertiary/aromatic N) is 1. The number of halogens is 1. The Bertz CT molecular complexity index is 795. The molecule has 0 aliphatic rings. The van der Waals surface area contributed by atoms with Gasteiger partial charge in [-0.05, 0) is 24.3 Å². The van der Waals surface area contributed by atoms with Crippen molar-refractivity contribution in [3.8, 4) is 0 Å². The van der Waals surface area contributed by atoms with Crippen molar-refractivity contribution in [2.45, 2.75) is 4.90 Å². The molecule has 0 radical (unpaired) electrons. The minimum absolute atomic E-state index is 0.0710. The van der Waals surface area contributed by atoms with Gasteiger partial charge in [0, 0.05) is 0 Å². The summed E-state index contributed by atoms with van der Waals surface area (Å²) >= 11 is 5.71. The first-order valence-electron chi connectivity index (χ1n) is 6.02. The van der Waals surface area contributed by atoms with Crippen molar-refractivity contribution in [3.05, 3.63) is 53.2 Å². The highest BCUT2D eigenvalue weighted by atomic mass is 35.5. The van der Waals surface area contributed by atoms with Gasteiger partial charge in [0.15, 0.2) is 0 Å². The zero-order chi connectivity index (χ0) is 16.2. The third-order valence-electron chi connectivity index (χ3n) is 2.61. The second-order valence-electron chi connectivity index (χ2n) is 4.06. The number of nitrogens with one attached hydrogen (secondary N) is 2. The van der Waals surface area contributed by atoms with Gasteiger partial charge in [-0.1, -0.05) is 29.8 Å². The van der Waals surface area contributed by atoms with E-state index in [4.69, 9.17) is 11.6 Å². The molecule has 1 aromatic carbocycles. The maximum atomic E-state index is 12.3. The molecule has 2 rings (SSSR count). The molecule has 116 valence electrons. The Balaban J connectivity index is 2.26. The lowest BCUT2D eigenvalue weighted by Gasteiger charge is -2.11. The minimum atomic E-state index is -4.00. The number of methoxy groups -OCH3 is 1. The smallest absolute Gasteiger partial charge is 0.339 e. The number of ether oxygens (including phenoxy) is 1. The lowest BCUT2D eigenvalue weighted by molar-refractivity contribution is 0.0596. The van der Waals surface area contributed by atoms with Crippen LogP contribution in [0.1, 0.15) is 10.4 Å². The van der Waals surface area contributed by atoms with Gasteiger partial charge < -0.3 is 4.74 Å². The van der Waals surface area contributed by atoms with Crippen LogP contribution in [0.3, 0.4) is 0 Å². The molecule has 7 nitrogen and oxygen atoms in total. The number of carbonyl (C=O) groups is 1. The second kappa shape index (κ2) is 6.73. The summed E-state index contributed by atoms with van der Waals surface area (Å²) in [5.74, 6) is -0.534. The average molecular weight is 342 g/mol. The summed E-state index contributed by atoms with van der Waals surface area (Å²) in [4.78, 5) is 17.4. The molecule has 0 saturated heterocycles. The van der Waals surface area contributed by atoms with Crippen molar-refractivity contribution >= 4 is 33.4 Å². The van der Waals surface area contributed by atoms with Crippen LogP contribution < -0.4 is 10.3 Å². The summed E-state index contributed by atoms with van der Waals surface area (Å²) in [5.41, 5.74) is 2.35. The SMILES string of the molecule is COC(=O)c1ccccc1S(=O)(=O)NNc1cccc(Cl)n1. The lowest BCUT2D eigenvalue weighted by Crippen LogP contribution is -2.31. The molecule has 0 aliphatic carbocycles. The van der Waals surface area contributed by atoms with Gasteiger partial charge in [0.25, 0.3) is 10.0 Å². The maximum Gasteiger partial charge on any atom is 0.339 e. The highest BCUT2D eigenvalue weighted by molar-refractivity contribution is 7.89. The fourth-order valence-electron chi connectivity index (χ4n) is 1.63. The Hall–Kier alpha value is -2.16. The molecule has 0 unspecified atom stereocenters. The molecular formula is C13H12ClN3O4S. The number of sulfonamides is 1. The van der Waals surface area contributed by atoms with Crippen molar-refractivity contribution in [3.63, 3.8) is 0 Å². The van der Waals surface area contributed by atoms with E-state index in [-0.39, 0.29) is 21.4 Å². The molecule has 0 fully saturated rings. The van der Waals surface area contributed by atoms with Crippen molar-refractivity contribution in [1.82, 2.24) is 9.82 Å². The first kappa shape index (κ1) is 16.2. The lowest BCUT2D eigenvalue weighted by atomic mass is 10.2.